The molecule has 112 valence electrons. The van der Waals surface area contributed by atoms with Crippen LogP contribution in [0.5, 0.6) is 5.75 Å². The van der Waals surface area contributed by atoms with Crippen molar-refractivity contribution in [3.63, 3.8) is 0 Å². The standard InChI is InChI=1S/C17H19F2NO/c1-11(2)20-10-13-8-12(4-7-17(13)21-3)15-6-5-14(18)9-16(15)19/h4-9,11,20H,10H2,1-3H3. The molecule has 0 aliphatic heterocycles. The monoisotopic (exact) mass is 291 g/mol. The first-order valence-corrected chi connectivity index (χ1v) is 6.87. The second-order valence-electron chi connectivity index (χ2n) is 5.19. The zero-order valence-corrected chi connectivity index (χ0v) is 12.4. The molecule has 2 aromatic rings. The maximum atomic E-state index is 13.9. The van der Waals surface area contributed by atoms with Gasteiger partial charge in [-0.05, 0) is 29.8 Å². The first kappa shape index (κ1) is 15.4. The topological polar surface area (TPSA) is 21.3 Å². The molecule has 0 unspecified atom stereocenters. The number of methoxy groups -OCH3 is 1. The summed E-state index contributed by atoms with van der Waals surface area (Å²) < 4.78 is 32.2. The van der Waals surface area contributed by atoms with Gasteiger partial charge in [-0.1, -0.05) is 19.9 Å². The van der Waals surface area contributed by atoms with Crippen molar-refractivity contribution in [2.24, 2.45) is 0 Å². The van der Waals surface area contributed by atoms with E-state index in [1.807, 2.05) is 6.07 Å². The SMILES string of the molecule is COc1ccc(-c2ccc(F)cc2F)cc1CNC(C)C. The van der Waals surface area contributed by atoms with Crippen molar-refractivity contribution in [3.8, 4) is 16.9 Å². The van der Waals surface area contributed by atoms with E-state index in [0.29, 0.717) is 23.7 Å². The van der Waals surface area contributed by atoms with Crippen LogP contribution in [-0.4, -0.2) is 13.2 Å². The predicted molar refractivity (Wildman–Crippen MR) is 80.3 cm³/mol. The molecule has 1 N–H and O–H groups in total. The highest BCUT2D eigenvalue weighted by Crippen LogP contribution is 2.28. The lowest BCUT2D eigenvalue weighted by atomic mass is 10.0. The average molecular weight is 291 g/mol. The van der Waals surface area contributed by atoms with Crippen molar-refractivity contribution in [3.05, 3.63) is 53.6 Å². The quantitative estimate of drug-likeness (QED) is 0.894. The lowest BCUT2D eigenvalue weighted by Gasteiger charge is -2.14. The number of hydrogen-bond acceptors (Lipinski definition) is 2. The fourth-order valence-corrected chi connectivity index (χ4v) is 2.12. The molecule has 0 bridgehead atoms. The molecule has 0 aliphatic carbocycles. The minimum atomic E-state index is -0.577. The summed E-state index contributed by atoms with van der Waals surface area (Å²) in [6.07, 6.45) is 0. The molecule has 0 heterocycles. The van der Waals surface area contributed by atoms with Crippen LogP contribution in [0, 0.1) is 11.6 Å². The van der Waals surface area contributed by atoms with Gasteiger partial charge < -0.3 is 10.1 Å². The van der Waals surface area contributed by atoms with Gasteiger partial charge in [0.1, 0.15) is 17.4 Å². The van der Waals surface area contributed by atoms with Crippen LogP contribution >= 0.6 is 0 Å². The molecule has 2 rings (SSSR count). The zero-order chi connectivity index (χ0) is 15.4. The molecule has 0 aliphatic rings. The number of halogens is 2. The smallest absolute Gasteiger partial charge is 0.133 e. The Morgan fingerprint density at radius 2 is 1.86 bits per heavy atom. The van der Waals surface area contributed by atoms with Crippen LogP contribution in [0.3, 0.4) is 0 Å². The van der Waals surface area contributed by atoms with E-state index in [1.165, 1.54) is 12.1 Å². The molecule has 2 nitrogen and oxygen atoms in total. The first-order valence-electron chi connectivity index (χ1n) is 6.87. The van der Waals surface area contributed by atoms with Crippen LogP contribution in [0.15, 0.2) is 36.4 Å². The van der Waals surface area contributed by atoms with Gasteiger partial charge in [0.2, 0.25) is 0 Å². The first-order chi connectivity index (χ1) is 10.0. The van der Waals surface area contributed by atoms with Crippen LogP contribution in [0.1, 0.15) is 19.4 Å². The average Bonchev–Trinajstić information content (AvgIpc) is 2.45. The third kappa shape index (κ3) is 3.79. The van der Waals surface area contributed by atoms with Gasteiger partial charge in [0, 0.05) is 29.8 Å². The fraction of sp³-hybridized carbons (Fsp3) is 0.294. The van der Waals surface area contributed by atoms with Crippen molar-refractivity contribution >= 4 is 0 Å². The van der Waals surface area contributed by atoms with E-state index >= 15 is 0 Å². The third-order valence-corrected chi connectivity index (χ3v) is 3.22. The highest BCUT2D eigenvalue weighted by atomic mass is 19.1. The summed E-state index contributed by atoms with van der Waals surface area (Å²) in [6, 6.07) is 9.38. The van der Waals surface area contributed by atoms with E-state index in [4.69, 9.17) is 4.74 Å². The van der Waals surface area contributed by atoms with E-state index in [1.54, 1.807) is 19.2 Å². The molecule has 0 aromatic heterocycles. The minimum absolute atomic E-state index is 0.334. The zero-order valence-electron chi connectivity index (χ0n) is 12.4. The van der Waals surface area contributed by atoms with Gasteiger partial charge in [0.15, 0.2) is 0 Å². The molecular weight excluding hydrogens is 272 g/mol. The number of rotatable bonds is 5. The van der Waals surface area contributed by atoms with Crippen molar-refractivity contribution in [1.29, 1.82) is 0 Å². The van der Waals surface area contributed by atoms with Gasteiger partial charge in [-0.25, -0.2) is 8.78 Å². The molecule has 0 spiro atoms. The molecule has 0 atom stereocenters. The van der Waals surface area contributed by atoms with E-state index in [-0.39, 0.29) is 0 Å². The van der Waals surface area contributed by atoms with Crippen molar-refractivity contribution in [1.82, 2.24) is 5.32 Å². The predicted octanol–water partition coefficient (Wildman–Crippen LogP) is 4.14. The maximum Gasteiger partial charge on any atom is 0.133 e. The Kier molecular flexibility index (Phi) is 4.91. The lowest BCUT2D eigenvalue weighted by molar-refractivity contribution is 0.406. The second-order valence-corrected chi connectivity index (χ2v) is 5.19. The van der Waals surface area contributed by atoms with Gasteiger partial charge in [0.05, 0.1) is 7.11 Å². The van der Waals surface area contributed by atoms with Gasteiger partial charge >= 0.3 is 0 Å². The van der Waals surface area contributed by atoms with Crippen LogP contribution in [-0.2, 0) is 6.54 Å². The molecule has 0 radical (unpaired) electrons. The molecule has 2 aromatic carbocycles. The Balaban J connectivity index is 2.38. The molecule has 0 amide bonds. The van der Waals surface area contributed by atoms with Crippen LogP contribution in [0.2, 0.25) is 0 Å². The van der Waals surface area contributed by atoms with Gasteiger partial charge in [0.25, 0.3) is 0 Å². The minimum Gasteiger partial charge on any atom is -0.496 e. The molecule has 21 heavy (non-hydrogen) atoms. The van der Waals surface area contributed by atoms with E-state index in [2.05, 4.69) is 19.2 Å². The fourth-order valence-electron chi connectivity index (χ4n) is 2.12. The van der Waals surface area contributed by atoms with Crippen molar-refractivity contribution in [2.45, 2.75) is 26.4 Å². The van der Waals surface area contributed by atoms with E-state index in [9.17, 15) is 8.78 Å². The van der Waals surface area contributed by atoms with Gasteiger partial charge in [-0.2, -0.15) is 0 Å². The summed E-state index contributed by atoms with van der Waals surface area (Å²) in [4.78, 5) is 0. The summed E-state index contributed by atoms with van der Waals surface area (Å²) in [7, 11) is 1.60. The maximum absolute atomic E-state index is 13.9. The highest BCUT2D eigenvalue weighted by molar-refractivity contribution is 5.66. The highest BCUT2D eigenvalue weighted by Gasteiger charge is 2.10. The Labute approximate surface area is 123 Å². The Morgan fingerprint density at radius 1 is 1.10 bits per heavy atom. The Morgan fingerprint density at radius 3 is 2.48 bits per heavy atom. The Hall–Kier alpha value is -1.94. The van der Waals surface area contributed by atoms with Crippen LogP contribution in [0.4, 0.5) is 8.78 Å². The van der Waals surface area contributed by atoms with Crippen molar-refractivity contribution in [2.75, 3.05) is 7.11 Å². The molecule has 0 saturated carbocycles. The summed E-state index contributed by atoms with van der Waals surface area (Å²) in [5, 5.41) is 3.31. The summed E-state index contributed by atoms with van der Waals surface area (Å²) in [6.45, 7) is 4.73. The van der Waals surface area contributed by atoms with Gasteiger partial charge in [-0.15, -0.1) is 0 Å². The summed E-state index contributed by atoms with van der Waals surface area (Å²) >= 11 is 0. The number of hydrogen-bond donors (Lipinski definition) is 1. The molecule has 0 fully saturated rings. The Bertz CT molecular complexity index is 626. The second kappa shape index (κ2) is 6.68. The summed E-state index contributed by atoms with van der Waals surface area (Å²) in [5.41, 5.74) is 2.02. The number of nitrogens with one attached hydrogen (secondary N) is 1. The van der Waals surface area contributed by atoms with Gasteiger partial charge in [-0.3, -0.25) is 0 Å². The molecule has 0 saturated heterocycles. The third-order valence-electron chi connectivity index (χ3n) is 3.22. The summed E-state index contributed by atoms with van der Waals surface area (Å²) in [5.74, 6) is -0.399. The number of ether oxygens (including phenoxy) is 1. The largest absolute Gasteiger partial charge is 0.496 e. The van der Waals surface area contributed by atoms with E-state index < -0.39 is 11.6 Å². The normalized spacial score (nSPS) is 11.0. The van der Waals surface area contributed by atoms with E-state index in [0.717, 1.165) is 17.4 Å². The molecule has 4 heteroatoms. The van der Waals surface area contributed by atoms with Crippen LogP contribution < -0.4 is 10.1 Å². The lowest BCUT2D eigenvalue weighted by Crippen LogP contribution is -2.22. The van der Waals surface area contributed by atoms with Crippen molar-refractivity contribution < 1.29 is 13.5 Å². The number of benzene rings is 2. The molecular formula is C17H19F2NO. The van der Waals surface area contributed by atoms with Crippen LogP contribution in [0.25, 0.3) is 11.1 Å².